The first kappa shape index (κ1) is 17.7. The van der Waals surface area contributed by atoms with Gasteiger partial charge in [-0.2, -0.15) is 0 Å². The van der Waals surface area contributed by atoms with Crippen molar-refractivity contribution in [1.82, 2.24) is 15.0 Å². The lowest BCUT2D eigenvalue weighted by atomic mass is 10.1. The molecule has 5 nitrogen and oxygen atoms in total. The topological polar surface area (TPSA) is 57.0 Å². The minimum absolute atomic E-state index is 0.207. The second-order valence-electron chi connectivity index (χ2n) is 5.81. The van der Waals surface area contributed by atoms with Crippen LogP contribution in [0.2, 0.25) is 0 Å². The molecule has 0 N–H and O–H groups in total. The normalized spacial score (nSPS) is 11.1. The lowest BCUT2D eigenvalue weighted by Crippen LogP contribution is -2.11. The fourth-order valence-electron chi connectivity index (χ4n) is 2.52. The maximum Gasteiger partial charge on any atom is 0.360 e. The van der Waals surface area contributed by atoms with Crippen LogP contribution in [-0.2, 0) is 11.3 Å². The molecule has 1 aromatic heterocycles. The van der Waals surface area contributed by atoms with Crippen molar-refractivity contribution in [3.63, 3.8) is 0 Å². The number of nitrogens with zero attached hydrogens (tertiary/aromatic N) is 3. The predicted octanol–water partition coefficient (Wildman–Crippen LogP) is 3.94. The highest BCUT2D eigenvalue weighted by molar-refractivity contribution is 5.88. The summed E-state index contributed by atoms with van der Waals surface area (Å²) in [6, 6.07) is 0. The van der Waals surface area contributed by atoms with E-state index < -0.39 is 5.97 Å². The van der Waals surface area contributed by atoms with Crippen LogP contribution >= 0.6 is 0 Å². The Hall–Kier alpha value is -1.39. The fourth-order valence-corrected chi connectivity index (χ4v) is 2.52. The van der Waals surface area contributed by atoms with E-state index in [-0.39, 0.29) is 5.92 Å². The Morgan fingerprint density at radius 3 is 2.33 bits per heavy atom. The number of hydrogen-bond donors (Lipinski definition) is 0. The van der Waals surface area contributed by atoms with Crippen molar-refractivity contribution in [3.05, 3.63) is 11.4 Å². The van der Waals surface area contributed by atoms with Gasteiger partial charge in [-0.25, -0.2) is 9.48 Å². The standard InChI is InChI=1S/C16H29N3O2/c1-5-6-7-8-9-10-11-12-19-15(13(2)3)14(17-18-19)16(20)21-4/h13H,5-12H2,1-4H3. The van der Waals surface area contributed by atoms with Crippen LogP contribution < -0.4 is 0 Å². The first-order valence-corrected chi connectivity index (χ1v) is 8.13. The molecular formula is C16H29N3O2. The molecule has 0 saturated heterocycles. The number of esters is 1. The van der Waals surface area contributed by atoms with Gasteiger partial charge in [-0.05, 0) is 12.3 Å². The van der Waals surface area contributed by atoms with Gasteiger partial charge in [0.25, 0.3) is 0 Å². The van der Waals surface area contributed by atoms with Crippen molar-refractivity contribution in [2.45, 2.75) is 78.2 Å². The van der Waals surface area contributed by atoms with E-state index in [1.165, 1.54) is 45.6 Å². The van der Waals surface area contributed by atoms with Crippen molar-refractivity contribution in [3.8, 4) is 0 Å². The van der Waals surface area contributed by atoms with Gasteiger partial charge < -0.3 is 4.74 Å². The van der Waals surface area contributed by atoms with Crippen molar-refractivity contribution in [2.75, 3.05) is 7.11 Å². The summed E-state index contributed by atoms with van der Waals surface area (Å²) in [5.74, 6) is -0.192. The van der Waals surface area contributed by atoms with Gasteiger partial charge >= 0.3 is 5.97 Å². The molecule has 0 amide bonds. The molecule has 0 aliphatic carbocycles. The number of methoxy groups -OCH3 is 1. The summed E-state index contributed by atoms with van der Waals surface area (Å²) in [6.07, 6.45) is 8.83. The van der Waals surface area contributed by atoms with Crippen molar-refractivity contribution >= 4 is 5.97 Å². The van der Waals surface area contributed by atoms with Gasteiger partial charge in [0.1, 0.15) is 0 Å². The average Bonchev–Trinajstić information content (AvgIpc) is 2.89. The zero-order chi connectivity index (χ0) is 15.7. The molecule has 0 aliphatic heterocycles. The van der Waals surface area contributed by atoms with Gasteiger partial charge in [0.2, 0.25) is 0 Å². The average molecular weight is 295 g/mol. The number of carbonyl (C=O) groups is 1. The Kier molecular flexibility index (Phi) is 8.01. The summed E-state index contributed by atoms with van der Waals surface area (Å²) in [6.45, 7) is 7.15. The smallest absolute Gasteiger partial charge is 0.360 e. The number of aryl methyl sites for hydroxylation is 1. The first-order chi connectivity index (χ1) is 10.1. The van der Waals surface area contributed by atoms with Gasteiger partial charge in [0.05, 0.1) is 12.8 Å². The summed E-state index contributed by atoms with van der Waals surface area (Å²) in [5, 5.41) is 8.11. The minimum Gasteiger partial charge on any atom is -0.464 e. The van der Waals surface area contributed by atoms with Crippen LogP contribution in [0, 0.1) is 0 Å². The van der Waals surface area contributed by atoms with Crippen LogP contribution in [0.15, 0.2) is 0 Å². The molecule has 0 saturated carbocycles. The van der Waals surface area contributed by atoms with E-state index in [1.807, 2.05) is 18.5 Å². The molecule has 0 atom stereocenters. The zero-order valence-corrected chi connectivity index (χ0v) is 13.9. The Balaban J connectivity index is 2.48. The summed E-state index contributed by atoms with van der Waals surface area (Å²) in [4.78, 5) is 11.7. The number of aromatic nitrogens is 3. The first-order valence-electron chi connectivity index (χ1n) is 8.13. The molecule has 1 rings (SSSR count). The molecule has 21 heavy (non-hydrogen) atoms. The summed E-state index contributed by atoms with van der Waals surface area (Å²) < 4.78 is 6.63. The molecule has 0 aliphatic rings. The largest absolute Gasteiger partial charge is 0.464 e. The second-order valence-corrected chi connectivity index (χ2v) is 5.81. The van der Waals surface area contributed by atoms with Gasteiger partial charge in [-0.3, -0.25) is 0 Å². The number of carbonyl (C=O) groups excluding carboxylic acids is 1. The maximum absolute atomic E-state index is 11.7. The molecule has 0 radical (unpaired) electrons. The Bertz CT molecular complexity index is 427. The summed E-state index contributed by atoms with van der Waals surface area (Å²) in [7, 11) is 1.38. The summed E-state index contributed by atoms with van der Waals surface area (Å²) in [5.41, 5.74) is 1.24. The number of rotatable bonds is 10. The Morgan fingerprint density at radius 1 is 1.14 bits per heavy atom. The SMILES string of the molecule is CCCCCCCCCn1nnc(C(=O)OC)c1C(C)C. The van der Waals surface area contributed by atoms with E-state index in [0.717, 1.165) is 18.7 Å². The van der Waals surface area contributed by atoms with Gasteiger partial charge in [0.15, 0.2) is 5.69 Å². The highest BCUT2D eigenvalue weighted by Gasteiger charge is 2.22. The van der Waals surface area contributed by atoms with E-state index >= 15 is 0 Å². The minimum atomic E-state index is -0.399. The molecule has 120 valence electrons. The fraction of sp³-hybridized carbons (Fsp3) is 0.812. The third-order valence-corrected chi connectivity index (χ3v) is 3.67. The third-order valence-electron chi connectivity index (χ3n) is 3.67. The van der Waals surface area contributed by atoms with Crippen molar-refractivity contribution < 1.29 is 9.53 Å². The quantitative estimate of drug-likeness (QED) is 0.484. The molecule has 1 aromatic rings. The predicted molar refractivity (Wildman–Crippen MR) is 83.4 cm³/mol. The molecular weight excluding hydrogens is 266 g/mol. The highest BCUT2D eigenvalue weighted by Crippen LogP contribution is 2.19. The zero-order valence-electron chi connectivity index (χ0n) is 13.9. The number of hydrogen-bond acceptors (Lipinski definition) is 4. The van der Waals surface area contributed by atoms with Crippen molar-refractivity contribution in [2.24, 2.45) is 0 Å². The molecule has 0 unspecified atom stereocenters. The van der Waals surface area contributed by atoms with Crippen LogP contribution in [0.25, 0.3) is 0 Å². The van der Waals surface area contributed by atoms with Crippen LogP contribution in [0.3, 0.4) is 0 Å². The van der Waals surface area contributed by atoms with Crippen LogP contribution in [-0.4, -0.2) is 28.1 Å². The van der Waals surface area contributed by atoms with Crippen LogP contribution in [0.5, 0.6) is 0 Å². The lowest BCUT2D eigenvalue weighted by Gasteiger charge is -2.10. The van der Waals surface area contributed by atoms with Gasteiger partial charge in [-0.15, -0.1) is 5.10 Å². The molecule has 0 aromatic carbocycles. The Labute approximate surface area is 128 Å². The van der Waals surface area contributed by atoms with E-state index in [9.17, 15) is 4.79 Å². The monoisotopic (exact) mass is 295 g/mol. The molecule has 0 bridgehead atoms. The van der Waals surface area contributed by atoms with E-state index in [4.69, 9.17) is 4.74 Å². The van der Waals surface area contributed by atoms with Crippen LogP contribution in [0.4, 0.5) is 0 Å². The van der Waals surface area contributed by atoms with Crippen LogP contribution in [0.1, 0.15) is 87.8 Å². The van der Waals surface area contributed by atoms with Crippen molar-refractivity contribution in [1.29, 1.82) is 0 Å². The molecule has 5 heteroatoms. The highest BCUT2D eigenvalue weighted by atomic mass is 16.5. The van der Waals surface area contributed by atoms with E-state index in [2.05, 4.69) is 17.2 Å². The number of unbranched alkanes of at least 4 members (excludes halogenated alkanes) is 6. The summed E-state index contributed by atoms with van der Waals surface area (Å²) >= 11 is 0. The Morgan fingerprint density at radius 2 is 1.76 bits per heavy atom. The third kappa shape index (κ3) is 5.48. The molecule has 1 heterocycles. The second kappa shape index (κ2) is 9.53. The van der Waals surface area contributed by atoms with Gasteiger partial charge in [-0.1, -0.05) is 64.5 Å². The van der Waals surface area contributed by atoms with E-state index in [0.29, 0.717) is 5.69 Å². The maximum atomic E-state index is 11.7. The lowest BCUT2D eigenvalue weighted by molar-refractivity contribution is 0.0592. The molecule has 0 spiro atoms. The number of ether oxygens (including phenoxy) is 1. The molecule has 0 fully saturated rings. The van der Waals surface area contributed by atoms with E-state index in [1.54, 1.807) is 0 Å². The van der Waals surface area contributed by atoms with Gasteiger partial charge in [0, 0.05) is 6.54 Å².